The van der Waals surface area contributed by atoms with Gasteiger partial charge in [0.2, 0.25) is 5.91 Å². The van der Waals surface area contributed by atoms with Crippen LogP contribution in [0.15, 0.2) is 30.3 Å². The Balaban J connectivity index is 1.59. The summed E-state index contributed by atoms with van der Waals surface area (Å²) in [6, 6.07) is 6.69. The van der Waals surface area contributed by atoms with E-state index in [0.29, 0.717) is 18.4 Å². The Morgan fingerprint density at radius 3 is 2.46 bits per heavy atom. The number of hydrogen-bond donors (Lipinski definition) is 3. The monoisotopic (exact) mass is 359 g/mol. The molecule has 0 radical (unpaired) electrons. The third kappa shape index (κ3) is 3.40. The van der Waals surface area contributed by atoms with Crippen molar-refractivity contribution in [3.8, 4) is 0 Å². The van der Waals surface area contributed by atoms with E-state index in [-0.39, 0.29) is 18.9 Å². The summed E-state index contributed by atoms with van der Waals surface area (Å²) in [5.74, 6) is -2.00. The molecule has 1 aromatic carbocycles. The highest BCUT2D eigenvalue weighted by atomic mass is 16.4. The number of carbonyl (C=O) groups excluding carboxylic acids is 3. The number of urea groups is 1. The number of carbonyl (C=O) groups is 4. The van der Waals surface area contributed by atoms with Crippen LogP contribution in [0.5, 0.6) is 0 Å². The number of amides is 4. The summed E-state index contributed by atoms with van der Waals surface area (Å²) >= 11 is 0. The number of benzene rings is 1. The summed E-state index contributed by atoms with van der Waals surface area (Å²) in [5, 5.41) is 14.5. The molecule has 2 fully saturated rings. The number of nitrogens with zero attached hydrogens (tertiary/aromatic N) is 1. The standard InChI is InChI=1S/C18H21N3O5/c22-13(19-14(15(23)24)12-6-2-1-3-7-12)8-11-21-16(25)18(20-17(21)26)9-4-5-10-18/h1-3,6-7,14H,4-5,8-11H2,(H,19,22)(H,20,26)(H,23,24)/t14-/m1/s1. The zero-order valence-electron chi connectivity index (χ0n) is 14.2. The van der Waals surface area contributed by atoms with Gasteiger partial charge in [-0.15, -0.1) is 0 Å². The van der Waals surface area contributed by atoms with Crippen LogP contribution in [0.1, 0.15) is 43.7 Å². The molecule has 0 bridgehead atoms. The number of aliphatic carboxylic acids is 1. The lowest BCUT2D eigenvalue weighted by atomic mass is 9.98. The summed E-state index contributed by atoms with van der Waals surface area (Å²) in [4.78, 5) is 49.3. The molecule has 0 unspecified atom stereocenters. The summed E-state index contributed by atoms with van der Waals surface area (Å²) in [7, 11) is 0. The first-order valence-electron chi connectivity index (χ1n) is 8.64. The van der Waals surface area contributed by atoms with Crippen LogP contribution in [-0.2, 0) is 14.4 Å². The molecule has 1 saturated heterocycles. The molecule has 2 aliphatic rings. The Morgan fingerprint density at radius 1 is 1.19 bits per heavy atom. The van der Waals surface area contributed by atoms with Crippen LogP contribution in [-0.4, -0.2) is 45.9 Å². The summed E-state index contributed by atoms with van der Waals surface area (Å²) < 4.78 is 0. The topological polar surface area (TPSA) is 116 Å². The van der Waals surface area contributed by atoms with E-state index in [2.05, 4.69) is 10.6 Å². The van der Waals surface area contributed by atoms with E-state index in [1.165, 1.54) is 0 Å². The normalized spacial score (nSPS) is 19.5. The Hall–Kier alpha value is -2.90. The third-order valence-electron chi connectivity index (χ3n) is 4.95. The average Bonchev–Trinajstić information content (AvgIpc) is 3.18. The fourth-order valence-electron chi connectivity index (χ4n) is 3.58. The molecule has 26 heavy (non-hydrogen) atoms. The molecule has 3 rings (SSSR count). The van der Waals surface area contributed by atoms with Crippen molar-refractivity contribution >= 4 is 23.8 Å². The van der Waals surface area contributed by atoms with Gasteiger partial charge in [-0.2, -0.15) is 0 Å². The highest BCUT2D eigenvalue weighted by Crippen LogP contribution is 2.35. The Labute approximate surface area is 150 Å². The van der Waals surface area contributed by atoms with E-state index in [1.54, 1.807) is 30.3 Å². The van der Waals surface area contributed by atoms with Crippen LogP contribution < -0.4 is 10.6 Å². The van der Waals surface area contributed by atoms with Gasteiger partial charge >= 0.3 is 12.0 Å². The minimum Gasteiger partial charge on any atom is -0.479 e. The third-order valence-corrected chi connectivity index (χ3v) is 4.95. The Bertz CT molecular complexity index is 728. The first kappa shape index (κ1) is 17.9. The zero-order valence-corrected chi connectivity index (χ0v) is 14.2. The molecule has 1 aliphatic heterocycles. The second kappa shape index (κ2) is 7.15. The van der Waals surface area contributed by atoms with Gasteiger partial charge in [-0.05, 0) is 18.4 Å². The molecule has 4 amide bonds. The van der Waals surface area contributed by atoms with Crippen LogP contribution in [0.25, 0.3) is 0 Å². The number of hydrogen-bond acceptors (Lipinski definition) is 4. The number of carboxylic acids is 1. The summed E-state index contributed by atoms with van der Waals surface area (Å²) in [6.45, 7) is -0.0701. The van der Waals surface area contributed by atoms with Crippen LogP contribution in [0, 0.1) is 0 Å². The zero-order chi connectivity index (χ0) is 18.7. The first-order valence-corrected chi connectivity index (χ1v) is 8.64. The van der Waals surface area contributed by atoms with E-state index in [1.807, 2.05) is 0 Å². The lowest BCUT2D eigenvalue weighted by Gasteiger charge is -2.20. The van der Waals surface area contributed by atoms with Crippen LogP contribution in [0.4, 0.5) is 4.79 Å². The highest BCUT2D eigenvalue weighted by molar-refractivity contribution is 6.07. The molecule has 1 spiro atoms. The van der Waals surface area contributed by atoms with Gasteiger partial charge in [-0.1, -0.05) is 43.2 Å². The molecule has 0 aromatic heterocycles. The smallest absolute Gasteiger partial charge is 0.330 e. The van der Waals surface area contributed by atoms with Crippen molar-refractivity contribution in [2.24, 2.45) is 0 Å². The Kier molecular flexibility index (Phi) is 4.92. The van der Waals surface area contributed by atoms with Crippen LogP contribution >= 0.6 is 0 Å². The predicted molar refractivity (Wildman–Crippen MR) is 91.0 cm³/mol. The lowest BCUT2D eigenvalue weighted by Crippen LogP contribution is -2.44. The number of rotatable bonds is 6. The maximum atomic E-state index is 12.5. The van der Waals surface area contributed by atoms with Crippen molar-refractivity contribution in [3.05, 3.63) is 35.9 Å². The first-order chi connectivity index (χ1) is 12.4. The molecule has 1 saturated carbocycles. The van der Waals surface area contributed by atoms with E-state index < -0.39 is 29.5 Å². The molecular formula is C18H21N3O5. The van der Waals surface area contributed by atoms with Crippen molar-refractivity contribution in [1.82, 2.24) is 15.5 Å². The average molecular weight is 359 g/mol. The van der Waals surface area contributed by atoms with Gasteiger partial charge in [0.1, 0.15) is 5.54 Å². The SMILES string of the molecule is O=C(CCN1C(=O)NC2(CCCC2)C1=O)N[C@@H](C(=O)O)c1ccccc1. The predicted octanol–water partition coefficient (Wildman–Crippen LogP) is 1.18. The fourth-order valence-corrected chi connectivity index (χ4v) is 3.58. The number of imide groups is 1. The van der Waals surface area contributed by atoms with Crippen molar-refractivity contribution < 1.29 is 24.3 Å². The summed E-state index contributed by atoms with van der Waals surface area (Å²) in [5.41, 5.74) is -0.352. The van der Waals surface area contributed by atoms with Crippen molar-refractivity contribution in [3.63, 3.8) is 0 Å². The second-order valence-corrected chi connectivity index (χ2v) is 6.68. The maximum absolute atomic E-state index is 12.5. The minimum atomic E-state index is -1.18. The van der Waals surface area contributed by atoms with Gasteiger partial charge in [0.25, 0.3) is 5.91 Å². The molecular weight excluding hydrogens is 338 g/mol. The van der Waals surface area contributed by atoms with Crippen molar-refractivity contribution in [2.45, 2.75) is 43.7 Å². The molecule has 3 N–H and O–H groups in total. The molecule has 8 heteroatoms. The van der Waals surface area contributed by atoms with Crippen molar-refractivity contribution in [2.75, 3.05) is 6.54 Å². The summed E-state index contributed by atoms with van der Waals surface area (Å²) in [6.07, 6.45) is 2.87. The molecule has 1 heterocycles. The van der Waals surface area contributed by atoms with E-state index in [0.717, 1.165) is 17.7 Å². The lowest BCUT2D eigenvalue weighted by molar-refractivity contribution is -0.142. The van der Waals surface area contributed by atoms with Crippen molar-refractivity contribution in [1.29, 1.82) is 0 Å². The quantitative estimate of drug-likeness (QED) is 0.660. The van der Waals surface area contributed by atoms with Crippen LogP contribution in [0.3, 0.4) is 0 Å². The number of carboxylic acid groups (broad SMARTS) is 1. The fraction of sp³-hybridized carbons (Fsp3) is 0.444. The van der Waals surface area contributed by atoms with Gasteiger partial charge in [-0.25, -0.2) is 9.59 Å². The molecule has 1 aliphatic carbocycles. The second-order valence-electron chi connectivity index (χ2n) is 6.68. The van der Waals surface area contributed by atoms with E-state index >= 15 is 0 Å². The minimum absolute atomic E-state index is 0.0701. The molecule has 8 nitrogen and oxygen atoms in total. The highest BCUT2D eigenvalue weighted by Gasteiger charge is 2.52. The van der Waals surface area contributed by atoms with E-state index in [9.17, 15) is 24.3 Å². The number of nitrogens with one attached hydrogen (secondary N) is 2. The van der Waals surface area contributed by atoms with Gasteiger partial charge < -0.3 is 15.7 Å². The maximum Gasteiger partial charge on any atom is 0.330 e. The van der Waals surface area contributed by atoms with E-state index in [4.69, 9.17) is 0 Å². The molecule has 1 atom stereocenters. The Morgan fingerprint density at radius 2 is 1.85 bits per heavy atom. The molecule has 138 valence electrons. The van der Waals surface area contributed by atoms with Gasteiger partial charge in [-0.3, -0.25) is 14.5 Å². The van der Waals surface area contributed by atoms with Crippen LogP contribution in [0.2, 0.25) is 0 Å². The molecule has 1 aromatic rings. The van der Waals surface area contributed by atoms with Gasteiger partial charge in [0.15, 0.2) is 6.04 Å². The van der Waals surface area contributed by atoms with Gasteiger partial charge in [0, 0.05) is 13.0 Å². The largest absolute Gasteiger partial charge is 0.479 e. The van der Waals surface area contributed by atoms with Gasteiger partial charge in [0.05, 0.1) is 0 Å².